The van der Waals surface area contributed by atoms with Gasteiger partial charge in [0.15, 0.2) is 0 Å². The number of aliphatic hydroxyl groups excluding tert-OH is 2. The first-order valence-electron chi connectivity index (χ1n) is 13.2. The summed E-state index contributed by atoms with van der Waals surface area (Å²) in [6.45, 7) is 12.3. The summed E-state index contributed by atoms with van der Waals surface area (Å²) in [5.41, 5.74) is 1.49. The molecule has 38 heavy (non-hydrogen) atoms. The first-order valence-corrected chi connectivity index (χ1v) is 13.2. The van der Waals surface area contributed by atoms with Crippen LogP contribution in [0.1, 0.15) is 66.2 Å². The second-order valence-corrected chi connectivity index (χ2v) is 10.9. The largest absolute Gasteiger partial charge is 0.421 e. The molecule has 2 heterocycles. The van der Waals surface area contributed by atoms with Crippen LogP contribution in [0, 0.1) is 10.8 Å². The zero-order valence-electron chi connectivity index (χ0n) is 23.3. The van der Waals surface area contributed by atoms with E-state index in [9.17, 15) is 10.2 Å². The van der Waals surface area contributed by atoms with Crippen molar-refractivity contribution < 1.29 is 19.0 Å². The maximum absolute atomic E-state index is 10.2. The average molecular weight is 521 g/mol. The van der Waals surface area contributed by atoms with E-state index < -0.39 is 12.2 Å². The van der Waals surface area contributed by atoms with Crippen molar-refractivity contribution in [1.29, 1.82) is 0 Å². The van der Waals surface area contributed by atoms with Gasteiger partial charge in [-0.3, -0.25) is 0 Å². The van der Waals surface area contributed by atoms with E-state index in [4.69, 9.17) is 8.83 Å². The van der Waals surface area contributed by atoms with Crippen LogP contribution >= 0.6 is 0 Å². The van der Waals surface area contributed by atoms with Crippen LogP contribution in [0.3, 0.4) is 0 Å². The standard InChI is InChI=1S/2C15H20N2O2/c2*1-4-15(2,3)12(18)10-13-16-17-14(19-13)11-8-6-5-7-9-11/h2*5-9,12,18H,4,10H2,1-3H3/t2*12-/m10/s1. The molecule has 0 aliphatic heterocycles. The number of aliphatic hydroxyl groups is 2. The molecule has 2 atom stereocenters. The number of benzene rings is 2. The molecule has 8 heteroatoms. The molecule has 4 rings (SSSR count). The van der Waals surface area contributed by atoms with E-state index in [2.05, 4.69) is 34.2 Å². The third-order valence-electron chi connectivity index (χ3n) is 7.34. The van der Waals surface area contributed by atoms with Crippen molar-refractivity contribution in [2.75, 3.05) is 0 Å². The maximum Gasteiger partial charge on any atom is 0.247 e. The molecule has 2 aromatic heterocycles. The fourth-order valence-corrected chi connectivity index (χ4v) is 3.42. The number of hydrogen-bond acceptors (Lipinski definition) is 8. The summed E-state index contributed by atoms with van der Waals surface area (Å²) < 4.78 is 11.2. The van der Waals surface area contributed by atoms with Gasteiger partial charge in [0, 0.05) is 11.1 Å². The van der Waals surface area contributed by atoms with E-state index in [1.807, 2.05) is 88.4 Å². The van der Waals surface area contributed by atoms with Crippen LogP contribution in [0.5, 0.6) is 0 Å². The average Bonchev–Trinajstić information content (AvgIpc) is 3.60. The molecule has 0 bridgehead atoms. The summed E-state index contributed by atoms with van der Waals surface area (Å²) in [5, 5.41) is 36.4. The zero-order chi connectivity index (χ0) is 27.8. The monoisotopic (exact) mass is 520 g/mol. The number of aromatic nitrogens is 4. The van der Waals surface area contributed by atoms with Crippen molar-refractivity contribution in [1.82, 2.24) is 20.4 Å². The van der Waals surface area contributed by atoms with Crippen LogP contribution in [-0.4, -0.2) is 42.8 Å². The lowest BCUT2D eigenvalue weighted by Gasteiger charge is -2.28. The Morgan fingerprint density at radius 3 is 1.26 bits per heavy atom. The quantitative estimate of drug-likeness (QED) is 0.255. The smallest absolute Gasteiger partial charge is 0.247 e. The first kappa shape index (κ1) is 29.2. The molecule has 8 nitrogen and oxygen atoms in total. The van der Waals surface area contributed by atoms with Gasteiger partial charge in [-0.1, -0.05) is 77.9 Å². The zero-order valence-corrected chi connectivity index (χ0v) is 23.3. The van der Waals surface area contributed by atoms with E-state index in [0.717, 1.165) is 24.0 Å². The predicted octanol–water partition coefficient (Wildman–Crippen LogP) is 6.15. The van der Waals surface area contributed by atoms with Crippen molar-refractivity contribution in [2.45, 2.75) is 79.4 Å². The summed E-state index contributed by atoms with van der Waals surface area (Å²) in [6, 6.07) is 19.3. The van der Waals surface area contributed by atoms with E-state index in [-0.39, 0.29) is 10.8 Å². The SMILES string of the molecule is CCC(C)(C)[C@@H](O)Cc1nnc(-c2ccccc2)o1.CCC(C)(C)[C@H](O)Cc1nnc(-c2ccccc2)o1. The van der Waals surface area contributed by atoms with Crippen molar-refractivity contribution in [3.63, 3.8) is 0 Å². The minimum absolute atomic E-state index is 0.151. The van der Waals surface area contributed by atoms with Gasteiger partial charge >= 0.3 is 0 Å². The third-order valence-corrected chi connectivity index (χ3v) is 7.34. The molecule has 2 aromatic carbocycles. The van der Waals surface area contributed by atoms with Crippen molar-refractivity contribution >= 4 is 0 Å². The molecule has 2 N–H and O–H groups in total. The van der Waals surface area contributed by atoms with Gasteiger partial charge in [-0.25, -0.2) is 0 Å². The Labute approximate surface area is 225 Å². The Hall–Kier alpha value is -3.36. The summed E-state index contributed by atoms with van der Waals surface area (Å²) in [7, 11) is 0. The summed E-state index contributed by atoms with van der Waals surface area (Å²) in [6.07, 6.45) is 1.60. The molecule has 0 saturated carbocycles. The van der Waals surface area contributed by atoms with Crippen LogP contribution in [0.15, 0.2) is 69.5 Å². The molecular formula is C30H40N4O4. The highest BCUT2D eigenvalue weighted by Crippen LogP contribution is 2.29. The highest BCUT2D eigenvalue weighted by atomic mass is 16.4. The summed E-state index contributed by atoms with van der Waals surface area (Å²) >= 11 is 0. The van der Waals surface area contributed by atoms with Crippen molar-refractivity contribution in [2.24, 2.45) is 10.8 Å². The molecule has 0 saturated heterocycles. The Balaban J connectivity index is 0.000000211. The minimum Gasteiger partial charge on any atom is -0.421 e. The Bertz CT molecular complexity index is 1140. The molecule has 0 amide bonds. The Morgan fingerprint density at radius 2 is 0.947 bits per heavy atom. The highest BCUT2D eigenvalue weighted by molar-refractivity contribution is 5.52. The van der Waals surface area contributed by atoms with Crippen LogP contribution < -0.4 is 0 Å². The number of hydrogen-bond donors (Lipinski definition) is 2. The van der Waals surface area contributed by atoms with E-state index in [0.29, 0.717) is 36.4 Å². The van der Waals surface area contributed by atoms with E-state index in [1.54, 1.807) is 0 Å². The van der Waals surface area contributed by atoms with E-state index >= 15 is 0 Å². The number of nitrogens with zero attached hydrogens (tertiary/aromatic N) is 4. The van der Waals surface area contributed by atoms with E-state index in [1.165, 1.54) is 0 Å². The van der Waals surface area contributed by atoms with Gasteiger partial charge in [-0.15, -0.1) is 20.4 Å². The van der Waals surface area contributed by atoms with Gasteiger partial charge in [-0.05, 0) is 47.9 Å². The Kier molecular flexibility index (Phi) is 9.94. The fraction of sp³-hybridized carbons (Fsp3) is 0.467. The van der Waals surface area contributed by atoms with Gasteiger partial charge in [0.05, 0.1) is 25.0 Å². The van der Waals surface area contributed by atoms with Crippen molar-refractivity contribution in [3.8, 4) is 22.9 Å². The lowest BCUT2D eigenvalue weighted by molar-refractivity contribution is 0.0428. The first-order chi connectivity index (χ1) is 18.1. The molecule has 0 aliphatic rings. The lowest BCUT2D eigenvalue weighted by Crippen LogP contribution is -2.30. The lowest BCUT2D eigenvalue weighted by atomic mass is 9.82. The fourth-order valence-electron chi connectivity index (χ4n) is 3.42. The molecule has 0 aliphatic carbocycles. The van der Waals surface area contributed by atoms with Gasteiger partial charge in [0.2, 0.25) is 23.6 Å². The minimum atomic E-state index is -0.485. The normalized spacial score (nSPS) is 13.5. The summed E-state index contributed by atoms with van der Waals surface area (Å²) in [5.74, 6) is 1.95. The van der Waals surface area contributed by atoms with Crippen LogP contribution in [0.2, 0.25) is 0 Å². The summed E-state index contributed by atoms with van der Waals surface area (Å²) in [4.78, 5) is 0. The molecule has 0 fully saturated rings. The molecule has 0 unspecified atom stereocenters. The van der Waals surface area contributed by atoms with Gasteiger partial charge in [0.25, 0.3) is 0 Å². The second kappa shape index (κ2) is 12.9. The topological polar surface area (TPSA) is 118 Å². The van der Waals surface area contributed by atoms with Crippen molar-refractivity contribution in [3.05, 3.63) is 72.4 Å². The molecule has 0 spiro atoms. The number of rotatable bonds is 10. The predicted molar refractivity (Wildman–Crippen MR) is 147 cm³/mol. The highest BCUT2D eigenvalue weighted by Gasteiger charge is 2.28. The van der Waals surface area contributed by atoms with Gasteiger partial charge in [-0.2, -0.15) is 0 Å². The second-order valence-electron chi connectivity index (χ2n) is 10.9. The molecular weight excluding hydrogens is 480 g/mol. The van der Waals surface area contributed by atoms with Gasteiger partial charge < -0.3 is 19.0 Å². The molecule has 204 valence electrons. The molecule has 4 aromatic rings. The van der Waals surface area contributed by atoms with Gasteiger partial charge in [0.1, 0.15) is 0 Å². The van der Waals surface area contributed by atoms with Crippen LogP contribution in [-0.2, 0) is 12.8 Å². The molecule has 0 radical (unpaired) electrons. The third kappa shape index (κ3) is 7.82. The van der Waals surface area contributed by atoms with Crippen LogP contribution in [0.25, 0.3) is 22.9 Å². The maximum atomic E-state index is 10.2. The van der Waals surface area contributed by atoms with Crippen LogP contribution in [0.4, 0.5) is 0 Å². The Morgan fingerprint density at radius 1 is 0.605 bits per heavy atom.